The van der Waals surface area contributed by atoms with Crippen molar-refractivity contribution < 1.29 is 9.59 Å². The third-order valence-corrected chi connectivity index (χ3v) is 6.28. The highest BCUT2D eigenvalue weighted by molar-refractivity contribution is 8.00. The second kappa shape index (κ2) is 9.43. The average molecular weight is 327 g/mol. The van der Waals surface area contributed by atoms with Crippen LogP contribution in [0.2, 0.25) is 0 Å². The number of nitrogens with one attached hydrogen (secondary N) is 2. The Morgan fingerprint density at radius 2 is 2.14 bits per heavy atom. The van der Waals surface area contributed by atoms with Gasteiger partial charge in [-0.05, 0) is 30.9 Å². The van der Waals surface area contributed by atoms with Crippen molar-refractivity contribution >= 4 is 23.6 Å². The van der Waals surface area contributed by atoms with E-state index in [2.05, 4.69) is 17.6 Å². The van der Waals surface area contributed by atoms with Crippen LogP contribution in [0.5, 0.6) is 0 Å². The van der Waals surface area contributed by atoms with Crippen LogP contribution in [0.15, 0.2) is 0 Å². The van der Waals surface area contributed by atoms with Crippen molar-refractivity contribution in [3.63, 3.8) is 0 Å². The molecule has 2 aliphatic heterocycles. The number of amides is 2. The highest BCUT2D eigenvalue weighted by Gasteiger charge is 2.42. The van der Waals surface area contributed by atoms with Crippen molar-refractivity contribution in [2.24, 2.45) is 5.92 Å². The molecule has 2 N–H and O–H groups in total. The Kier molecular flexibility index (Phi) is 7.56. The third-order valence-electron chi connectivity index (χ3n) is 4.70. The zero-order valence-electron chi connectivity index (χ0n) is 13.7. The summed E-state index contributed by atoms with van der Waals surface area (Å²) in [5.41, 5.74) is 0. The highest BCUT2D eigenvalue weighted by Crippen LogP contribution is 2.39. The Morgan fingerprint density at radius 1 is 1.27 bits per heavy atom. The van der Waals surface area contributed by atoms with Crippen molar-refractivity contribution in [2.75, 3.05) is 12.3 Å². The molecule has 5 heteroatoms. The Bertz CT molecular complexity index is 376. The molecule has 22 heavy (non-hydrogen) atoms. The van der Waals surface area contributed by atoms with Crippen molar-refractivity contribution in [1.29, 1.82) is 0 Å². The average Bonchev–Trinajstić information content (AvgIpc) is 3.03. The second-order valence-electron chi connectivity index (χ2n) is 6.59. The fraction of sp³-hybridized carbons (Fsp3) is 0.882. The molecule has 2 aliphatic rings. The van der Waals surface area contributed by atoms with Crippen LogP contribution < -0.4 is 10.6 Å². The van der Waals surface area contributed by atoms with Gasteiger partial charge in [0.05, 0.1) is 0 Å². The maximum absolute atomic E-state index is 11.7. The summed E-state index contributed by atoms with van der Waals surface area (Å²) in [5.74, 6) is 2.09. The maximum Gasteiger partial charge on any atom is 0.220 e. The van der Waals surface area contributed by atoms with Gasteiger partial charge in [-0.15, -0.1) is 0 Å². The summed E-state index contributed by atoms with van der Waals surface area (Å²) < 4.78 is 0. The number of hydrogen-bond acceptors (Lipinski definition) is 3. The van der Waals surface area contributed by atoms with Crippen molar-refractivity contribution in [3.8, 4) is 0 Å². The Morgan fingerprint density at radius 3 is 2.95 bits per heavy atom. The van der Waals surface area contributed by atoms with E-state index in [-0.39, 0.29) is 11.8 Å². The van der Waals surface area contributed by atoms with E-state index in [4.69, 9.17) is 0 Å². The zero-order chi connectivity index (χ0) is 15.8. The highest BCUT2D eigenvalue weighted by atomic mass is 32.2. The number of carbonyl (C=O) groups is 2. The third kappa shape index (κ3) is 5.49. The molecule has 0 aliphatic carbocycles. The van der Waals surface area contributed by atoms with Gasteiger partial charge < -0.3 is 10.6 Å². The first-order valence-electron chi connectivity index (χ1n) is 8.88. The largest absolute Gasteiger partial charge is 0.356 e. The molecule has 4 nitrogen and oxygen atoms in total. The smallest absolute Gasteiger partial charge is 0.220 e. The van der Waals surface area contributed by atoms with E-state index >= 15 is 0 Å². The zero-order valence-corrected chi connectivity index (χ0v) is 14.6. The van der Waals surface area contributed by atoms with Gasteiger partial charge in [0, 0.05) is 30.7 Å². The molecule has 3 atom stereocenters. The van der Waals surface area contributed by atoms with Gasteiger partial charge in [-0.25, -0.2) is 0 Å². The maximum atomic E-state index is 11.7. The van der Waals surface area contributed by atoms with E-state index in [0.717, 1.165) is 38.0 Å². The minimum Gasteiger partial charge on any atom is -0.356 e. The van der Waals surface area contributed by atoms with E-state index in [0.29, 0.717) is 30.1 Å². The van der Waals surface area contributed by atoms with Crippen LogP contribution in [0.1, 0.15) is 64.7 Å². The van der Waals surface area contributed by atoms with E-state index in [1.807, 2.05) is 11.8 Å². The number of unbranched alkanes of at least 4 members (excludes halogenated alkanes) is 4. The molecule has 2 rings (SSSR count). The molecule has 0 bridgehead atoms. The predicted octanol–water partition coefficient (Wildman–Crippen LogP) is 2.86. The van der Waals surface area contributed by atoms with Gasteiger partial charge in [-0.2, -0.15) is 11.8 Å². The SMILES string of the molecule is CCCCCCNC(=O)CCCCC1SCC2CC(=O)NC21. The first-order valence-corrected chi connectivity index (χ1v) is 9.93. The molecule has 2 saturated heterocycles. The normalized spacial score (nSPS) is 26.8. The fourth-order valence-corrected chi connectivity index (χ4v) is 5.05. The Hall–Kier alpha value is -0.710. The number of fused-ring (bicyclic) bond motifs is 1. The van der Waals surface area contributed by atoms with E-state index < -0.39 is 0 Å². The fourth-order valence-electron chi connectivity index (χ4n) is 3.40. The number of carbonyl (C=O) groups excluding carboxylic acids is 2. The van der Waals surface area contributed by atoms with Gasteiger partial charge in [0.1, 0.15) is 0 Å². The van der Waals surface area contributed by atoms with E-state index in [1.165, 1.54) is 19.3 Å². The lowest BCUT2D eigenvalue weighted by atomic mass is 9.97. The van der Waals surface area contributed by atoms with Crippen LogP contribution >= 0.6 is 11.8 Å². The van der Waals surface area contributed by atoms with Crippen molar-refractivity contribution in [1.82, 2.24) is 10.6 Å². The minimum absolute atomic E-state index is 0.197. The lowest BCUT2D eigenvalue weighted by Crippen LogP contribution is -2.34. The molecule has 3 unspecified atom stereocenters. The molecule has 2 fully saturated rings. The molecule has 0 aromatic rings. The van der Waals surface area contributed by atoms with Crippen LogP contribution in [-0.2, 0) is 9.59 Å². The summed E-state index contributed by atoms with van der Waals surface area (Å²) in [6, 6.07) is 0.393. The van der Waals surface area contributed by atoms with Gasteiger partial charge in [0.25, 0.3) is 0 Å². The van der Waals surface area contributed by atoms with Crippen LogP contribution in [0.25, 0.3) is 0 Å². The molecule has 2 heterocycles. The number of hydrogen-bond donors (Lipinski definition) is 2. The van der Waals surface area contributed by atoms with Crippen LogP contribution in [0.3, 0.4) is 0 Å². The molecule has 126 valence electrons. The monoisotopic (exact) mass is 326 g/mol. The quantitative estimate of drug-likeness (QED) is 0.607. The molecule has 2 amide bonds. The van der Waals surface area contributed by atoms with E-state index in [9.17, 15) is 9.59 Å². The second-order valence-corrected chi connectivity index (χ2v) is 7.86. The summed E-state index contributed by atoms with van der Waals surface area (Å²) in [6.45, 7) is 3.02. The summed E-state index contributed by atoms with van der Waals surface area (Å²) in [4.78, 5) is 23.1. The lowest BCUT2D eigenvalue weighted by molar-refractivity contribution is -0.121. The molecule has 0 spiro atoms. The van der Waals surface area contributed by atoms with Crippen molar-refractivity contribution in [3.05, 3.63) is 0 Å². The topological polar surface area (TPSA) is 58.2 Å². The molecule has 0 aromatic heterocycles. The summed E-state index contributed by atoms with van der Waals surface area (Å²) in [5, 5.41) is 6.70. The molecule has 0 saturated carbocycles. The van der Waals surface area contributed by atoms with E-state index in [1.54, 1.807) is 0 Å². The number of thioether (sulfide) groups is 1. The van der Waals surface area contributed by atoms with Crippen molar-refractivity contribution in [2.45, 2.75) is 76.0 Å². The van der Waals surface area contributed by atoms with Gasteiger partial charge in [0.2, 0.25) is 11.8 Å². The van der Waals surface area contributed by atoms with Gasteiger partial charge in [-0.3, -0.25) is 9.59 Å². The predicted molar refractivity (Wildman–Crippen MR) is 91.9 cm³/mol. The number of rotatable bonds is 10. The summed E-state index contributed by atoms with van der Waals surface area (Å²) >= 11 is 2.00. The summed E-state index contributed by atoms with van der Waals surface area (Å²) in [6.07, 6.45) is 9.33. The lowest BCUT2D eigenvalue weighted by Gasteiger charge is -2.17. The standard InChI is InChI=1S/C17H30N2O2S/c1-2-3-4-7-10-18-15(20)9-6-5-8-14-17-13(12-22-14)11-16(21)19-17/h13-14,17H,2-12H2,1H3,(H,18,20)(H,19,21). The Labute approximate surface area is 138 Å². The molecule has 0 radical (unpaired) electrons. The van der Waals surface area contributed by atoms with Gasteiger partial charge >= 0.3 is 0 Å². The summed E-state index contributed by atoms with van der Waals surface area (Å²) in [7, 11) is 0. The molecular formula is C17H30N2O2S. The minimum atomic E-state index is 0.197. The molecule has 0 aromatic carbocycles. The van der Waals surface area contributed by atoms with Gasteiger partial charge in [0.15, 0.2) is 0 Å². The van der Waals surface area contributed by atoms with Crippen LogP contribution in [0, 0.1) is 5.92 Å². The Balaban J connectivity index is 1.49. The molecular weight excluding hydrogens is 296 g/mol. The first kappa shape index (κ1) is 17.6. The van der Waals surface area contributed by atoms with Crippen LogP contribution in [0.4, 0.5) is 0 Å². The van der Waals surface area contributed by atoms with Gasteiger partial charge in [-0.1, -0.05) is 32.6 Å². The first-order chi connectivity index (χ1) is 10.7. The van der Waals surface area contributed by atoms with Crippen LogP contribution in [-0.4, -0.2) is 35.4 Å².